The number of imide groups is 1. The lowest BCUT2D eigenvalue weighted by Crippen LogP contribution is -2.48. The van der Waals surface area contributed by atoms with Crippen molar-refractivity contribution in [2.24, 2.45) is 0 Å². The number of carbonyl (C=O) groups excluding carboxylic acids is 3. The Bertz CT molecular complexity index is 1460. The molecule has 0 bridgehead atoms. The topological polar surface area (TPSA) is 76.2 Å². The largest absolute Gasteiger partial charge is 0.416 e. The van der Waals surface area contributed by atoms with Gasteiger partial charge in [-0.2, -0.15) is 13.2 Å². The van der Waals surface area contributed by atoms with Crippen molar-refractivity contribution in [2.45, 2.75) is 32.4 Å². The van der Waals surface area contributed by atoms with Crippen molar-refractivity contribution in [3.05, 3.63) is 83.9 Å². The van der Waals surface area contributed by atoms with Crippen LogP contribution in [0.5, 0.6) is 0 Å². The standard InChI is InChI=1S/C31H32F3N5O3/c1-2-37-26-15-14-23(31(32,33)34)21-27(26)38(24-11-5-3-6-12-24)30(42)39(29(37)41)25-13-9-10-22(20-25)28(40)35-16-19-36-17-7-4-8-18-36/h3,5-6,9-15,20-21H,2,4,7-8,16-19H2,1H3,(H,35,40). The number of halogens is 3. The average Bonchev–Trinajstić information content (AvgIpc) is 3.08. The van der Waals surface area contributed by atoms with Gasteiger partial charge in [-0.25, -0.2) is 14.5 Å². The van der Waals surface area contributed by atoms with E-state index in [4.69, 9.17) is 0 Å². The Morgan fingerprint density at radius 2 is 1.52 bits per heavy atom. The van der Waals surface area contributed by atoms with Gasteiger partial charge in [0, 0.05) is 25.2 Å². The van der Waals surface area contributed by atoms with E-state index in [2.05, 4.69) is 10.2 Å². The molecule has 1 fully saturated rings. The number of fused-ring (bicyclic) bond motifs is 1. The Morgan fingerprint density at radius 1 is 0.810 bits per heavy atom. The molecule has 5 amide bonds. The molecule has 42 heavy (non-hydrogen) atoms. The summed E-state index contributed by atoms with van der Waals surface area (Å²) in [6.45, 7) is 4.94. The van der Waals surface area contributed by atoms with Gasteiger partial charge in [0.25, 0.3) is 5.91 Å². The number of carbonyl (C=O) groups is 3. The summed E-state index contributed by atoms with van der Waals surface area (Å²) in [4.78, 5) is 46.7. The van der Waals surface area contributed by atoms with Crippen LogP contribution < -0.4 is 20.0 Å². The molecule has 8 nitrogen and oxygen atoms in total. The van der Waals surface area contributed by atoms with Gasteiger partial charge in [-0.3, -0.25) is 14.6 Å². The fraction of sp³-hybridized carbons (Fsp3) is 0.323. The smallest absolute Gasteiger partial charge is 0.351 e. The van der Waals surface area contributed by atoms with Crippen molar-refractivity contribution >= 4 is 40.7 Å². The SMILES string of the molecule is CCN1C(=O)N(c2cccc(C(=O)NCCN3CCCCC3)c2)C(=O)N(c2ccccc2)c2cc(C(F)(F)F)ccc21. The Kier molecular flexibility index (Phi) is 8.49. The first kappa shape index (κ1) is 29.1. The maximum atomic E-state index is 14.2. The molecule has 0 aliphatic carbocycles. The lowest BCUT2D eigenvalue weighted by molar-refractivity contribution is -0.137. The van der Waals surface area contributed by atoms with Crippen molar-refractivity contribution in [1.82, 2.24) is 10.2 Å². The van der Waals surface area contributed by atoms with Gasteiger partial charge in [0.2, 0.25) is 0 Å². The molecule has 0 saturated carbocycles. The maximum absolute atomic E-state index is 14.2. The summed E-state index contributed by atoms with van der Waals surface area (Å²) in [7, 11) is 0. The van der Waals surface area contributed by atoms with Crippen LogP contribution in [0.25, 0.3) is 0 Å². The van der Waals surface area contributed by atoms with Crippen molar-refractivity contribution in [3.63, 3.8) is 0 Å². The predicted octanol–water partition coefficient (Wildman–Crippen LogP) is 6.65. The normalized spacial score (nSPS) is 16.3. The minimum Gasteiger partial charge on any atom is -0.351 e. The first-order valence-electron chi connectivity index (χ1n) is 14.0. The zero-order valence-electron chi connectivity index (χ0n) is 23.2. The third-order valence-electron chi connectivity index (χ3n) is 7.50. The lowest BCUT2D eigenvalue weighted by atomic mass is 10.1. The van der Waals surface area contributed by atoms with E-state index in [9.17, 15) is 27.6 Å². The van der Waals surface area contributed by atoms with Gasteiger partial charge in [0.15, 0.2) is 0 Å². The number of para-hydroxylation sites is 1. The number of likely N-dealkylation sites (tertiary alicyclic amines) is 1. The minimum atomic E-state index is -4.66. The van der Waals surface area contributed by atoms with E-state index in [0.29, 0.717) is 6.54 Å². The number of nitrogens with zero attached hydrogens (tertiary/aromatic N) is 4. The molecule has 2 aliphatic rings. The predicted molar refractivity (Wildman–Crippen MR) is 155 cm³/mol. The fourth-order valence-corrected chi connectivity index (χ4v) is 5.37. The number of hydrogen-bond donors (Lipinski definition) is 1. The summed E-state index contributed by atoms with van der Waals surface area (Å²) < 4.78 is 41.3. The Balaban J connectivity index is 1.51. The highest BCUT2D eigenvalue weighted by molar-refractivity contribution is 6.28. The first-order chi connectivity index (χ1) is 20.2. The van der Waals surface area contributed by atoms with Crippen molar-refractivity contribution < 1.29 is 27.6 Å². The third kappa shape index (κ3) is 5.96. The molecule has 0 spiro atoms. The van der Waals surface area contributed by atoms with Crippen LogP contribution in [-0.4, -0.2) is 55.6 Å². The number of anilines is 4. The van der Waals surface area contributed by atoms with Crippen LogP contribution in [0.1, 0.15) is 42.1 Å². The van der Waals surface area contributed by atoms with Gasteiger partial charge in [-0.15, -0.1) is 0 Å². The Labute approximate surface area is 242 Å². The Morgan fingerprint density at radius 3 is 2.21 bits per heavy atom. The van der Waals surface area contributed by atoms with Gasteiger partial charge < -0.3 is 10.2 Å². The highest BCUT2D eigenvalue weighted by Gasteiger charge is 2.41. The lowest BCUT2D eigenvalue weighted by Gasteiger charge is -2.27. The molecule has 3 aromatic rings. The number of alkyl halides is 3. The van der Waals surface area contributed by atoms with E-state index in [0.717, 1.165) is 54.4 Å². The van der Waals surface area contributed by atoms with Crippen LogP contribution in [0, 0.1) is 0 Å². The third-order valence-corrected chi connectivity index (χ3v) is 7.50. The van der Waals surface area contributed by atoms with Crippen molar-refractivity contribution in [2.75, 3.05) is 47.4 Å². The summed E-state index contributed by atoms with van der Waals surface area (Å²) in [6.07, 6.45) is -1.16. The van der Waals surface area contributed by atoms with E-state index in [-0.39, 0.29) is 40.8 Å². The van der Waals surface area contributed by atoms with Crippen LogP contribution >= 0.6 is 0 Å². The summed E-state index contributed by atoms with van der Waals surface area (Å²) in [5, 5.41) is 2.90. The zero-order chi connectivity index (χ0) is 29.9. The number of nitrogens with one attached hydrogen (secondary N) is 1. The quantitative estimate of drug-likeness (QED) is 0.340. The van der Waals surface area contributed by atoms with Crippen LogP contribution in [0.3, 0.4) is 0 Å². The molecule has 1 N–H and O–H groups in total. The van der Waals surface area contributed by atoms with Gasteiger partial charge in [-0.05, 0) is 81.4 Å². The molecule has 5 rings (SSSR count). The van der Waals surface area contributed by atoms with Crippen LogP contribution in [0.4, 0.5) is 45.5 Å². The molecule has 2 heterocycles. The number of amides is 5. The number of hydrogen-bond acceptors (Lipinski definition) is 4. The number of benzene rings is 3. The van der Waals surface area contributed by atoms with E-state index in [1.54, 1.807) is 49.4 Å². The molecule has 0 radical (unpaired) electrons. The molecular weight excluding hydrogens is 547 g/mol. The van der Waals surface area contributed by atoms with Gasteiger partial charge >= 0.3 is 18.2 Å². The molecule has 0 atom stereocenters. The number of urea groups is 2. The maximum Gasteiger partial charge on any atom is 0.416 e. The highest BCUT2D eigenvalue weighted by Crippen LogP contribution is 2.43. The van der Waals surface area contributed by atoms with E-state index < -0.39 is 23.8 Å². The molecule has 220 valence electrons. The van der Waals surface area contributed by atoms with Crippen LogP contribution in [0.2, 0.25) is 0 Å². The van der Waals surface area contributed by atoms with Gasteiger partial charge in [0.1, 0.15) is 0 Å². The van der Waals surface area contributed by atoms with Gasteiger partial charge in [-0.1, -0.05) is 30.7 Å². The second kappa shape index (κ2) is 12.2. The first-order valence-corrected chi connectivity index (χ1v) is 14.0. The molecule has 2 aliphatic heterocycles. The molecule has 0 unspecified atom stereocenters. The monoisotopic (exact) mass is 579 g/mol. The molecule has 3 aromatic carbocycles. The number of rotatable bonds is 7. The minimum absolute atomic E-state index is 0.0784. The molecular formula is C31H32F3N5O3. The molecule has 1 saturated heterocycles. The summed E-state index contributed by atoms with van der Waals surface area (Å²) >= 11 is 0. The van der Waals surface area contributed by atoms with Crippen molar-refractivity contribution in [3.8, 4) is 0 Å². The second-order valence-electron chi connectivity index (χ2n) is 10.2. The van der Waals surface area contributed by atoms with E-state index in [1.807, 2.05) is 0 Å². The van der Waals surface area contributed by atoms with E-state index in [1.165, 1.54) is 29.5 Å². The van der Waals surface area contributed by atoms with E-state index >= 15 is 0 Å². The van der Waals surface area contributed by atoms with Crippen molar-refractivity contribution in [1.29, 1.82) is 0 Å². The van der Waals surface area contributed by atoms with Crippen LogP contribution in [-0.2, 0) is 6.18 Å². The van der Waals surface area contributed by atoms with Crippen LogP contribution in [0.15, 0.2) is 72.8 Å². The number of piperidine rings is 1. The summed E-state index contributed by atoms with van der Waals surface area (Å²) in [6, 6.07) is 15.7. The van der Waals surface area contributed by atoms with Gasteiger partial charge in [0.05, 0.1) is 28.3 Å². The summed E-state index contributed by atoms with van der Waals surface area (Å²) in [5.74, 6) is -0.353. The Hall–Kier alpha value is -4.38. The highest BCUT2D eigenvalue weighted by atomic mass is 19.4. The average molecular weight is 580 g/mol. The summed E-state index contributed by atoms with van der Waals surface area (Å²) in [5.41, 5.74) is -0.216. The zero-order valence-corrected chi connectivity index (χ0v) is 23.2. The molecule has 11 heteroatoms. The second-order valence-corrected chi connectivity index (χ2v) is 10.2. The fourth-order valence-electron chi connectivity index (χ4n) is 5.37. The molecule has 0 aromatic heterocycles.